The number of amides is 1. The van der Waals surface area contributed by atoms with E-state index in [1.165, 1.54) is 17.3 Å². The van der Waals surface area contributed by atoms with Crippen molar-refractivity contribution in [2.75, 3.05) is 19.8 Å². The van der Waals surface area contributed by atoms with Crippen LogP contribution >= 0.6 is 39.9 Å². The molecule has 0 saturated carbocycles. The van der Waals surface area contributed by atoms with Crippen LogP contribution in [0.1, 0.15) is 36.5 Å². The molecule has 4 rings (SSSR count). The molecule has 2 heterocycles. The first kappa shape index (κ1) is 24.3. The number of ether oxygens (including phenoxy) is 3. The van der Waals surface area contributed by atoms with Crippen molar-refractivity contribution in [2.24, 2.45) is 0 Å². The van der Waals surface area contributed by atoms with Gasteiger partial charge in [-0.15, -0.1) is 0 Å². The molecule has 2 saturated heterocycles. The molecular formula is C25H26BrNO4S2. The molecule has 0 radical (unpaired) electrons. The lowest BCUT2D eigenvalue weighted by Crippen LogP contribution is -2.35. The van der Waals surface area contributed by atoms with Crippen molar-refractivity contribution in [2.45, 2.75) is 39.4 Å². The number of carbonyl (C=O) groups excluding carboxylic acids is 1. The van der Waals surface area contributed by atoms with E-state index in [0.717, 1.165) is 35.0 Å². The SMILES string of the molecule is CCOc1cc(/C=C2\SC(=S)N(C[C@@H]3CCCO3)C2=O)cc(Br)c1OCc1ccc(C)cc1. The lowest BCUT2D eigenvalue weighted by Gasteiger charge is -2.18. The highest BCUT2D eigenvalue weighted by Gasteiger charge is 2.34. The maximum absolute atomic E-state index is 13.0. The van der Waals surface area contributed by atoms with Gasteiger partial charge in [0.05, 0.1) is 28.6 Å². The number of carbonyl (C=O) groups is 1. The van der Waals surface area contributed by atoms with Crippen molar-refractivity contribution in [1.82, 2.24) is 4.90 Å². The molecule has 2 aliphatic heterocycles. The predicted octanol–water partition coefficient (Wildman–Crippen LogP) is 6.12. The van der Waals surface area contributed by atoms with E-state index in [1.807, 2.05) is 25.1 Å². The lowest BCUT2D eigenvalue weighted by molar-refractivity contribution is -0.123. The molecule has 2 aliphatic rings. The van der Waals surface area contributed by atoms with Crippen molar-refractivity contribution in [3.8, 4) is 11.5 Å². The third kappa shape index (κ3) is 5.98. The Balaban J connectivity index is 1.52. The highest BCUT2D eigenvalue weighted by molar-refractivity contribution is 9.10. The smallest absolute Gasteiger partial charge is 0.266 e. The van der Waals surface area contributed by atoms with Gasteiger partial charge in [-0.1, -0.05) is 53.8 Å². The molecular weight excluding hydrogens is 522 g/mol. The first-order valence-corrected chi connectivity index (χ1v) is 13.0. The number of nitrogens with zero attached hydrogens (tertiary/aromatic N) is 1. The van der Waals surface area contributed by atoms with Gasteiger partial charge in [-0.3, -0.25) is 9.69 Å². The van der Waals surface area contributed by atoms with Crippen LogP contribution in [0.4, 0.5) is 0 Å². The zero-order valence-electron chi connectivity index (χ0n) is 18.6. The van der Waals surface area contributed by atoms with Gasteiger partial charge in [-0.2, -0.15) is 0 Å². The van der Waals surface area contributed by atoms with Crippen LogP contribution in [0.15, 0.2) is 45.8 Å². The van der Waals surface area contributed by atoms with Crippen LogP contribution < -0.4 is 9.47 Å². The molecule has 0 aromatic heterocycles. The fourth-order valence-electron chi connectivity index (χ4n) is 3.71. The second kappa shape index (κ2) is 11.0. The minimum atomic E-state index is -0.0747. The number of thiocarbonyl (C=S) groups is 1. The highest BCUT2D eigenvalue weighted by Crippen LogP contribution is 2.40. The quantitative estimate of drug-likeness (QED) is 0.293. The number of hydrogen-bond donors (Lipinski definition) is 0. The maximum Gasteiger partial charge on any atom is 0.266 e. The summed E-state index contributed by atoms with van der Waals surface area (Å²) in [5.41, 5.74) is 3.13. The summed E-state index contributed by atoms with van der Waals surface area (Å²) < 4.78 is 19.0. The summed E-state index contributed by atoms with van der Waals surface area (Å²) in [4.78, 5) is 15.2. The molecule has 0 spiro atoms. The van der Waals surface area contributed by atoms with Crippen LogP contribution in [-0.4, -0.2) is 41.0 Å². The van der Waals surface area contributed by atoms with E-state index in [-0.39, 0.29) is 12.0 Å². The van der Waals surface area contributed by atoms with Crippen LogP contribution in [-0.2, 0) is 16.1 Å². The molecule has 0 bridgehead atoms. The third-order valence-corrected chi connectivity index (χ3v) is 7.38. The number of aryl methyl sites for hydroxylation is 1. The third-order valence-electron chi connectivity index (χ3n) is 5.42. The molecule has 1 atom stereocenters. The predicted molar refractivity (Wildman–Crippen MR) is 140 cm³/mol. The molecule has 2 aromatic carbocycles. The normalized spacial score (nSPS) is 19.5. The van der Waals surface area contributed by atoms with Crippen molar-refractivity contribution >= 4 is 56.2 Å². The Kier molecular flexibility index (Phi) is 8.11. The van der Waals surface area contributed by atoms with Crippen LogP contribution in [0.2, 0.25) is 0 Å². The molecule has 1 amide bonds. The molecule has 0 unspecified atom stereocenters. The van der Waals surface area contributed by atoms with Gasteiger partial charge in [-0.25, -0.2) is 0 Å². The Morgan fingerprint density at radius 3 is 2.76 bits per heavy atom. The Labute approximate surface area is 212 Å². The summed E-state index contributed by atoms with van der Waals surface area (Å²) in [5.74, 6) is 1.19. The van der Waals surface area contributed by atoms with Gasteiger partial charge < -0.3 is 14.2 Å². The zero-order valence-corrected chi connectivity index (χ0v) is 21.9. The summed E-state index contributed by atoms with van der Waals surface area (Å²) in [5, 5.41) is 0. The van der Waals surface area contributed by atoms with E-state index >= 15 is 0 Å². The molecule has 0 N–H and O–H groups in total. The zero-order chi connectivity index (χ0) is 23.4. The highest BCUT2D eigenvalue weighted by atomic mass is 79.9. The Morgan fingerprint density at radius 2 is 2.06 bits per heavy atom. The average molecular weight is 549 g/mol. The van der Waals surface area contributed by atoms with E-state index in [4.69, 9.17) is 26.4 Å². The molecule has 5 nitrogen and oxygen atoms in total. The fourth-order valence-corrected chi connectivity index (χ4v) is 5.56. The topological polar surface area (TPSA) is 48.0 Å². The summed E-state index contributed by atoms with van der Waals surface area (Å²) in [6, 6.07) is 12.1. The maximum atomic E-state index is 13.0. The fraction of sp³-hybridized carbons (Fsp3) is 0.360. The minimum Gasteiger partial charge on any atom is -0.490 e. The van der Waals surface area contributed by atoms with E-state index in [2.05, 4.69) is 47.1 Å². The van der Waals surface area contributed by atoms with Crippen molar-refractivity contribution in [3.63, 3.8) is 0 Å². The number of hydrogen-bond acceptors (Lipinski definition) is 6. The van der Waals surface area contributed by atoms with Crippen LogP contribution in [0.25, 0.3) is 6.08 Å². The monoisotopic (exact) mass is 547 g/mol. The van der Waals surface area contributed by atoms with Gasteiger partial charge in [0.1, 0.15) is 10.9 Å². The summed E-state index contributed by atoms with van der Waals surface area (Å²) >= 11 is 10.4. The van der Waals surface area contributed by atoms with Gasteiger partial charge in [-0.05, 0) is 72.0 Å². The van der Waals surface area contributed by atoms with Gasteiger partial charge in [0.15, 0.2) is 11.5 Å². The number of benzene rings is 2. The number of halogens is 1. The summed E-state index contributed by atoms with van der Waals surface area (Å²) in [6.45, 7) is 6.19. The largest absolute Gasteiger partial charge is 0.490 e. The molecule has 0 aliphatic carbocycles. The molecule has 2 aromatic rings. The van der Waals surface area contributed by atoms with Crippen LogP contribution in [0.5, 0.6) is 11.5 Å². The Hall–Kier alpha value is -1.87. The summed E-state index contributed by atoms with van der Waals surface area (Å²) in [7, 11) is 0. The van der Waals surface area contributed by atoms with Gasteiger partial charge in [0.25, 0.3) is 5.91 Å². The van der Waals surface area contributed by atoms with E-state index in [0.29, 0.717) is 40.5 Å². The molecule has 33 heavy (non-hydrogen) atoms. The van der Waals surface area contributed by atoms with Gasteiger partial charge in [0.2, 0.25) is 0 Å². The minimum absolute atomic E-state index is 0.0653. The van der Waals surface area contributed by atoms with Crippen molar-refractivity contribution in [3.05, 3.63) is 62.5 Å². The van der Waals surface area contributed by atoms with Crippen molar-refractivity contribution in [1.29, 1.82) is 0 Å². The second-order valence-corrected chi connectivity index (χ2v) is 10.5. The lowest BCUT2D eigenvalue weighted by atomic mass is 10.1. The Bertz CT molecular complexity index is 1060. The molecule has 174 valence electrons. The van der Waals surface area contributed by atoms with E-state index in [1.54, 1.807) is 4.90 Å². The first-order valence-electron chi connectivity index (χ1n) is 11.0. The van der Waals surface area contributed by atoms with Crippen LogP contribution in [0.3, 0.4) is 0 Å². The van der Waals surface area contributed by atoms with Gasteiger partial charge in [0, 0.05) is 6.61 Å². The number of rotatable bonds is 8. The first-order chi connectivity index (χ1) is 15.9. The number of thioether (sulfide) groups is 1. The second-order valence-electron chi connectivity index (χ2n) is 7.96. The average Bonchev–Trinajstić information content (AvgIpc) is 3.39. The van der Waals surface area contributed by atoms with E-state index < -0.39 is 0 Å². The van der Waals surface area contributed by atoms with E-state index in [9.17, 15) is 4.79 Å². The molecule has 2 fully saturated rings. The van der Waals surface area contributed by atoms with Gasteiger partial charge >= 0.3 is 0 Å². The molecule has 8 heteroatoms. The van der Waals surface area contributed by atoms with Crippen LogP contribution in [0, 0.1) is 6.92 Å². The Morgan fingerprint density at radius 1 is 1.27 bits per heavy atom. The van der Waals surface area contributed by atoms with Crippen molar-refractivity contribution < 1.29 is 19.0 Å². The standard InChI is InChI=1S/C25H26BrNO4S2/c1-3-29-21-12-18(11-20(26)23(21)31-15-17-8-6-16(2)7-9-17)13-22-24(28)27(25(32)33-22)14-19-5-4-10-30-19/h6-9,11-13,19H,3-5,10,14-15H2,1-2H3/b22-13-/t19-/m0/s1. The summed E-state index contributed by atoms with van der Waals surface area (Å²) in [6.07, 6.45) is 3.91.